The Kier molecular flexibility index (Phi) is 4.53. The molecule has 0 spiro atoms. The Labute approximate surface area is 140 Å². The van der Waals surface area contributed by atoms with Crippen molar-refractivity contribution >= 4 is 22.4 Å². The van der Waals surface area contributed by atoms with Crippen molar-refractivity contribution in [2.24, 2.45) is 0 Å². The lowest BCUT2D eigenvalue weighted by Gasteiger charge is -2.07. The van der Waals surface area contributed by atoms with Gasteiger partial charge in [-0.3, -0.25) is 10.1 Å². The van der Waals surface area contributed by atoms with Crippen LogP contribution in [-0.4, -0.2) is 10.9 Å². The SMILES string of the molecule is Cc1cccc(C(=O)Nc2ncc(Cc3ccccc3)s2)c1C. The molecule has 1 aromatic heterocycles. The van der Waals surface area contributed by atoms with Gasteiger partial charge in [0.1, 0.15) is 0 Å². The van der Waals surface area contributed by atoms with E-state index in [4.69, 9.17) is 0 Å². The lowest BCUT2D eigenvalue weighted by atomic mass is 10.0. The summed E-state index contributed by atoms with van der Waals surface area (Å²) in [7, 11) is 0. The van der Waals surface area contributed by atoms with Gasteiger partial charge in [-0.15, -0.1) is 11.3 Å². The van der Waals surface area contributed by atoms with Crippen molar-refractivity contribution < 1.29 is 4.79 Å². The second-order valence-electron chi connectivity index (χ2n) is 5.50. The van der Waals surface area contributed by atoms with Crippen LogP contribution in [0.3, 0.4) is 0 Å². The number of benzene rings is 2. The first kappa shape index (κ1) is 15.4. The van der Waals surface area contributed by atoms with Crippen LogP contribution in [0.4, 0.5) is 5.13 Å². The number of hydrogen-bond donors (Lipinski definition) is 1. The van der Waals surface area contributed by atoms with E-state index in [1.54, 1.807) is 0 Å². The lowest BCUT2D eigenvalue weighted by Crippen LogP contribution is -2.13. The maximum atomic E-state index is 12.4. The van der Waals surface area contributed by atoms with E-state index in [9.17, 15) is 4.79 Å². The third-order valence-electron chi connectivity index (χ3n) is 3.84. The van der Waals surface area contributed by atoms with E-state index in [0.29, 0.717) is 10.7 Å². The summed E-state index contributed by atoms with van der Waals surface area (Å²) in [5.41, 5.74) is 4.06. The van der Waals surface area contributed by atoms with E-state index < -0.39 is 0 Å². The van der Waals surface area contributed by atoms with Crippen LogP contribution in [0, 0.1) is 13.8 Å². The van der Waals surface area contributed by atoms with Gasteiger partial charge >= 0.3 is 0 Å². The fraction of sp³-hybridized carbons (Fsp3) is 0.158. The Morgan fingerprint density at radius 3 is 2.65 bits per heavy atom. The zero-order valence-corrected chi connectivity index (χ0v) is 14.0. The molecule has 0 radical (unpaired) electrons. The summed E-state index contributed by atoms with van der Waals surface area (Å²) in [4.78, 5) is 17.9. The zero-order chi connectivity index (χ0) is 16.2. The fourth-order valence-corrected chi connectivity index (χ4v) is 3.25. The highest BCUT2D eigenvalue weighted by Gasteiger charge is 2.12. The van der Waals surface area contributed by atoms with Gasteiger partial charge in [-0.25, -0.2) is 4.98 Å². The topological polar surface area (TPSA) is 42.0 Å². The Hall–Kier alpha value is -2.46. The highest BCUT2D eigenvalue weighted by molar-refractivity contribution is 7.15. The zero-order valence-electron chi connectivity index (χ0n) is 13.2. The van der Waals surface area contributed by atoms with Crippen LogP contribution in [0.2, 0.25) is 0 Å². The number of rotatable bonds is 4. The number of hydrogen-bond acceptors (Lipinski definition) is 3. The summed E-state index contributed by atoms with van der Waals surface area (Å²) in [6, 6.07) is 16.0. The van der Waals surface area contributed by atoms with E-state index in [0.717, 1.165) is 22.4 Å². The predicted octanol–water partition coefficient (Wildman–Crippen LogP) is 4.60. The molecule has 3 nitrogen and oxygen atoms in total. The molecule has 0 aliphatic rings. The molecule has 2 aromatic carbocycles. The van der Waals surface area contributed by atoms with Gasteiger partial charge in [-0.05, 0) is 36.6 Å². The number of carbonyl (C=O) groups excluding carboxylic acids is 1. The van der Waals surface area contributed by atoms with Gasteiger partial charge in [0.2, 0.25) is 0 Å². The smallest absolute Gasteiger partial charge is 0.257 e. The molecule has 0 saturated heterocycles. The summed E-state index contributed by atoms with van der Waals surface area (Å²) in [6.07, 6.45) is 2.66. The number of nitrogens with zero attached hydrogens (tertiary/aromatic N) is 1. The normalized spacial score (nSPS) is 10.5. The van der Waals surface area contributed by atoms with Crippen molar-refractivity contribution in [1.82, 2.24) is 4.98 Å². The van der Waals surface area contributed by atoms with E-state index in [-0.39, 0.29) is 5.91 Å². The number of amides is 1. The molecule has 1 N–H and O–H groups in total. The number of anilines is 1. The largest absolute Gasteiger partial charge is 0.298 e. The lowest BCUT2D eigenvalue weighted by molar-refractivity contribution is 0.102. The molecule has 1 amide bonds. The molecule has 0 aliphatic heterocycles. The Balaban J connectivity index is 1.71. The van der Waals surface area contributed by atoms with Crippen LogP contribution in [0.25, 0.3) is 0 Å². The third-order valence-corrected chi connectivity index (χ3v) is 4.76. The third kappa shape index (κ3) is 3.66. The molecule has 0 atom stereocenters. The first-order valence-corrected chi connectivity index (χ1v) is 8.31. The number of thiazole rings is 1. The quantitative estimate of drug-likeness (QED) is 0.762. The minimum absolute atomic E-state index is 0.105. The molecule has 0 aliphatic carbocycles. The first-order chi connectivity index (χ1) is 11.1. The summed E-state index contributed by atoms with van der Waals surface area (Å²) >= 11 is 1.52. The monoisotopic (exact) mass is 322 g/mol. The van der Waals surface area contributed by atoms with Crippen LogP contribution >= 0.6 is 11.3 Å². The van der Waals surface area contributed by atoms with Crippen molar-refractivity contribution in [1.29, 1.82) is 0 Å². The standard InChI is InChI=1S/C19H18N2OS/c1-13-7-6-10-17(14(13)2)18(22)21-19-20-12-16(23-19)11-15-8-4-3-5-9-15/h3-10,12H,11H2,1-2H3,(H,20,21,22). The molecule has 23 heavy (non-hydrogen) atoms. The Bertz CT molecular complexity index is 824. The molecule has 0 saturated carbocycles. The van der Waals surface area contributed by atoms with Gasteiger partial charge in [0.15, 0.2) is 5.13 Å². The summed E-state index contributed by atoms with van der Waals surface area (Å²) in [5.74, 6) is -0.105. The van der Waals surface area contributed by atoms with Gasteiger partial charge in [-0.1, -0.05) is 42.5 Å². The van der Waals surface area contributed by atoms with Crippen LogP contribution < -0.4 is 5.32 Å². The van der Waals surface area contributed by atoms with Crippen molar-refractivity contribution in [3.8, 4) is 0 Å². The molecular formula is C19H18N2OS. The van der Waals surface area contributed by atoms with Crippen molar-refractivity contribution in [3.63, 3.8) is 0 Å². The van der Waals surface area contributed by atoms with Gasteiger partial charge in [-0.2, -0.15) is 0 Å². The highest BCUT2D eigenvalue weighted by Crippen LogP contribution is 2.22. The summed E-state index contributed by atoms with van der Waals surface area (Å²) in [6.45, 7) is 3.97. The van der Waals surface area contributed by atoms with Gasteiger partial charge < -0.3 is 0 Å². The minimum atomic E-state index is -0.105. The first-order valence-electron chi connectivity index (χ1n) is 7.49. The van der Waals surface area contributed by atoms with Crippen molar-refractivity contribution in [2.45, 2.75) is 20.3 Å². The Morgan fingerprint density at radius 1 is 1.09 bits per heavy atom. The van der Waals surface area contributed by atoms with Crippen LogP contribution in [0.1, 0.15) is 31.9 Å². The predicted molar refractivity (Wildman–Crippen MR) is 95.2 cm³/mol. The summed E-state index contributed by atoms with van der Waals surface area (Å²) < 4.78 is 0. The fourth-order valence-electron chi connectivity index (χ4n) is 2.41. The van der Waals surface area contributed by atoms with Crippen molar-refractivity contribution in [3.05, 3.63) is 81.9 Å². The number of carbonyl (C=O) groups is 1. The molecule has 0 bridgehead atoms. The average molecular weight is 322 g/mol. The molecule has 1 heterocycles. The maximum Gasteiger partial charge on any atom is 0.257 e. The maximum absolute atomic E-state index is 12.4. The molecule has 3 rings (SSSR count). The van der Waals surface area contributed by atoms with Gasteiger partial charge in [0, 0.05) is 23.1 Å². The molecule has 0 fully saturated rings. The number of aromatic nitrogens is 1. The Morgan fingerprint density at radius 2 is 1.87 bits per heavy atom. The molecular weight excluding hydrogens is 304 g/mol. The molecule has 3 aromatic rings. The van der Waals surface area contributed by atoms with E-state index in [2.05, 4.69) is 22.4 Å². The van der Waals surface area contributed by atoms with Gasteiger partial charge in [0.05, 0.1) is 0 Å². The second-order valence-corrected chi connectivity index (χ2v) is 6.61. The molecule has 4 heteroatoms. The van der Waals surface area contributed by atoms with E-state index >= 15 is 0 Å². The minimum Gasteiger partial charge on any atom is -0.298 e. The van der Waals surface area contributed by atoms with E-state index in [1.807, 2.05) is 56.4 Å². The van der Waals surface area contributed by atoms with Crippen LogP contribution in [0.5, 0.6) is 0 Å². The number of aryl methyl sites for hydroxylation is 1. The molecule has 0 unspecified atom stereocenters. The molecule has 116 valence electrons. The van der Waals surface area contributed by atoms with Crippen LogP contribution in [0.15, 0.2) is 54.7 Å². The van der Waals surface area contributed by atoms with Crippen LogP contribution in [-0.2, 0) is 6.42 Å². The average Bonchev–Trinajstić information content (AvgIpc) is 2.98. The number of nitrogens with one attached hydrogen (secondary N) is 1. The van der Waals surface area contributed by atoms with Gasteiger partial charge in [0.25, 0.3) is 5.91 Å². The summed E-state index contributed by atoms with van der Waals surface area (Å²) in [5, 5.41) is 3.54. The second kappa shape index (κ2) is 6.75. The highest BCUT2D eigenvalue weighted by atomic mass is 32.1. The van der Waals surface area contributed by atoms with Crippen molar-refractivity contribution in [2.75, 3.05) is 5.32 Å². The van der Waals surface area contributed by atoms with E-state index in [1.165, 1.54) is 16.9 Å².